The molecule has 0 N–H and O–H groups in total. The summed E-state index contributed by atoms with van der Waals surface area (Å²) in [5.74, 6) is -3.49. The molecular formula is C4H4F6S2. The van der Waals surface area contributed by atoms with Crippen LogP contribution in [0, 0.1) is 5.92 Å². The molecule has 74 valence electrons. The Morgan fingerprint density at radius 1 is 0.750 bits per heavy atom. The van der Waals surface area contributed by atoms with Crippen molar-refractivity contribution in [3.63, 3.8) is 0 Å². The third-order valence-electron chi connectivity index (χ3n) is 1.00. The van der Waals surface area contributed by atoms with Gasteiger partial charge in [0.2, 0.25) is 0 Å². The van der Waals surface area contributed by atoms with E-state index in [0.717, 1.165) is 0 Å². The van der Waals surface area contributed by atoms with Crippen LogP contribution in [0.25, 0.3) is 0 Å². The second-order valence-electron chi connectivity index (χ2n) is 1.97. The molecule has 0 nitrogen and oxygen atoms in total. The molecule has 0 unspecified atom stereocenters. The molecule has 0 aromatic heterocycles. The number of hydrogen-bond acceptors (Lipinski definition) is 2. The van der Waals surface area contributed by atoms with E-state index in [4.69, 9.17) is 0 Å². The fourth-order valence-electron chi connectivity index (χ4n) is 0.524. The van der Waals surface area contributed by atoms with Crippen LogP contribution in [0.2, 0.25) is 0 Å². The summed E-state index contributed by atoms with van der Waals surface area (Å²) in [6.07, 6.45) is -10.7. The van der Waals surface area contributed by atoms with E-state index in [9.17, 15) is 26.3 Å². The summed E-state index contributed by atoms with van der Waals surface area (Å²) >= 11 is 6.01. The SMILES string of the molecule is FC(F)(F)C(C(S)S)C(F)(F)F. The highest BCUT2D eigenvalue weighted by molar-refractivity contribution is 7.99. The first kappa shape index (κ1) is 12.3. The van der Waals surface area contributed by atoms with E-state index in [1.807, 2.05) is 0 Å². The zero-order valence-corrected chi connectivity index (χ0v) is 7.11. The first-order chi connectivity index (χ1) is 5.07. The fraction of sp³-hybridized carbons (Fsp3) is 1.00. The summed E-state index contributed by atoms with van der Waals surface area (Å²) in [7, 11) is 0. The first-order valence-corrected chi connectivity index (χ1v) is 3.59. The van der Waals surface area contributed by atoms with Crippen LogP contribution in [-0.2, 0) is 0 Å². The first-order valence-electron chi connectivity index (χ1n) is 2.56. The largest absolute Gasteiger partial charge is 0.402 e. The summed E-state index contributed by atoms with van der Waals surface area (Å²) in [6.45, 7) is 0. The van der Waals surface area contributed by atoms with E-state index >= 15 is 0 Å². The Balaban J connectivity index is 4.70. The molecule has 0 aliphatic rings. The van der Waals surface area contributed by atoms with Gasteiger partial charge < -0.3 is 0 Å². The van der Waals surface area contributed by atoms with Crippen LogP contribution in [0.4, 0.5) is 26.3 Å². The molecule has 0 aliphatic heterocycles. The minimum atomic E-state index is -5.35. The average molecular weight is 230 g/mol. The molecule has 0 saturated carbocycles. The minimum absolute atomic E-state index is 2.09. The summed E-state index contributed by atoms with van der Waals surface area (Å²) in [5, 5.41) is 0. The number of thiol groups is 2. The maximum atomic E-state index is 11.6. The van der Waals surface area contributed by atoms with Gasteiger partial charge in [-0.1, -0.05) is 0 Å². The van der Waals surface area contributed by atoms with E-state index in [2.05, 4.69) is 25.3 Å². The molecule has 0 saturated heterocycles. The predicted octanol–water partition coefficient (Wildman–Crippen LogP) is 2.91. The third-order valence-corrected chi connectivity index (χ3v) is 1.60. The average Bonchev–Trinajstić information content (AvgIpc) is 1.49. The van der Waals surface area contributed by atoms with Crippen LogP contribution >= 0.6 is 25.3 Å². The summed E-state index contributed by atoms with van der Waals surface area (Å²) < 4.78 is 67.8. The molecule has 0 aromatic rings. The number of hydrogen-bond donors (Lipinski definition) is 2. The van der Waals surface area contributed by atoms with E-state index < -0.39 is 22.9 Å². The molecule has 0 radical (unpaired) electrons. The van der Waals surface area contributed by atoms with Crippen LogP contribution in [0.15, 0.2) is 0 Å². The summed E-state index contributed by atoms with van der Waals surface area (Å²) in [6, 6.07) is 0. The normalized spacial score (nSPS) is 14.5. The molecule has 0 aliphatic carbocycles. The van der Waals surface area contributed by atoms with Gasteiger partial charge in [0, 0.05) is 0 Å². The van der Waals surface area contributed by atoms with Gasteiger partial charge in [-0.15, -0.1) is 0 Å². The molecule has 0 amide bonds. The van der Waals surface area contributed by atoms with Crippen LogP contribution < -0.4 is 0 Å². The quantitative estimate of drug-likeness (QED) is 0.386. The topological polar surface area (TPSA) is 0 Å². The highest BCUT2D eigenvalue weighted by atomic mass is 32.2. The molecule has 0 atom stereocenters. The van der Waals surface area contributed by atoms with Crippen molar-refractivity contribution in [3.8, 4) is 0 Å². The molecule has 0 aromatic carbocycles. The van der Waals surface area contributed by atoms with Gasteiger partial charge in [0.05, 0.1) is 4.58 Å². The zero-order valence-electron chi connectivity index (χ0n) is 5.32. The second kappa shape index (κ2) is 3.57. The molecule has 0 spiro atoms. The lowest BCUT2D eigenvalue weighted by atomic mass is 10.1. The van der Waals surface area contributed by atoms with Crippen molar-refractivity contribution in [3.05, 3.63) is 0 Å². The van der Waals surface area contributed by atoms with Gasteiger partial charge in [0.25, 0.3) is 0 Å². The Morgan fingerprint density at radius 3 is 1.00 bits per heavy atom. The maximum Gasteiger partial charge on any atom is 0.402 e. The Hall–Kier alpha value is 0.280. The monoisotopic (exact) mass is 230 g/mol. The van der Waals surface area contributed by atoms with Crippen LogP contribution in [-0.4, -0.2) is 16.9 Å². The number of halogens is 6. The van der Waals surface area contributed by atoms with Crippen molar-refractivity contribution >= 4 is 25.3 Å². The van der Waals surface area contributed by atoms with E-state index in [1.54, 1.807) is 0 Å². The summed E-state index contributed by atoms with van der Waals surface area (Å²) in [4.78, 5) is 0. The molecule has 0 heterocycles. The minimum Gasteiger partial charge on any atom is -0.170 e. The van der Waals surface area contributed by atoms with Crippen LogP contribution in [0.3, 0.4) is 0 Å². The van der Waals surface area contributed by atoms with Gasteiger partial charge in [-0.2, -0.15) is 51.6 Å². The Labute approximate surface area is 75.1 Å². The Morgan fingerprint density at radius 2 is 1.00 bits per heavy atom. The third kappa shape index (κ3) is 3.34. The van der Waals surface area contributed by atoms with Crippen molar-refractivity contribution in [2.75, 3.05) is 0 Å². The molecule has 0 bridgehead atoms. The molecule has 8 heteroatoms. The standard InChI is InChI=1S/C4H4F6S2/c5-3(6,7)1(2(11)12)4(8,9)10/h1-2,11-12H. The predicted molar refractivity (Wildman–Crippen MR) is 37.4 cm³/mol. The molecular weight excluding hydrogens is 226 g/mol. The van der Waals surface area contributed by atoms with Crippen molar-refractivity contribution < 1.29 is 26.3 Å². The van der Waals surface area contributed by atoms with Gasteiger partial charge in [-0.25, -0.2) is 0 Å². The second-order valence-corrected chi connectivity index (χ2v) is 3.49. The van der Waals surface area contributed by atoms with Crippen molar-refractivity contribution in [1.82, 2.24) is 0 Å². The Kier molecular flexibility index (Phi) is 3.65. The van der Waals surface area contributed by atoms with E-state index in [-0.39, 0.29) is 0 Å². The van der Waals surface area contributed by atoms with Crippen molar-refractivity contribution in [2.24, 2.45) is 5.92 Å². The highest BCUT2D eigenvalue weighted by Crippen LogP contribution is 2.43. The number of alkyl halides is 6. The number of rotatable bonds is 1. The van der Waals surface area contributed by atoms with Gasteiger partial charge in [0.1, 0.15) is 0 Å². The van der Waals surface area contributed by atoms with Crippen molar-refractivity contribution in [2.45, 2.75) is 16.9 Å². The fourth-order valence-corrected chi connectivity index (χ4v) is 1.20. The van der Waals surface area contributed by atoms with Gasteiger partial charge in [-0.05, 0) is 0 Å². The molecule has 12 heavy (non-hydrogen) atoms. The van der Waals surface area contributed by atoms with Gasteiger partial charge >= 0.3 is 12.4 Å². The van der Waals surface area contributed by atoms with Gasteiger partial charge in [-0.3, -0.25) is 0 Å². The maximum absolute atomic E-state index is 11.6. The van der Waals surface area contributed by atoms with E-state index in [0.29, 0.717) is 0 Å². The van der Waals surface area contributed by atoms with Crippen LogP contribution in [0.5, 0.6) is 0 Å². The molecule has 0 rings (SSSR count). The summed E-state index contributed by atoms with van der Waals surface area (Å²) in [5.41, 5.74) is 0. The van der Waals surface area contributed by atoms with Gasteiger partial charge in [0.15, 0.2) is 5.92 Å². The van der Waals surface area contributed by atoms with E-state index in [1.165, 1.54) is 0 Å². The van der Waals surface area contributed by atoms with Crippen LogP contribution in [0.1, 0.15) is 0 Å². The lowest BCUT2D eigenvalue weighted by Crippen LogP contribution is -2.40. The Bertz CT molecular complexity index is 133. The smallest absolute Gasteiger partial charge is 0.170 e. The van der Waals surface area contributed by atoms with Crippen molar-refractivity contribution in [1.29, 1.82) is 0 Å². The lowest BCUT2D eigenvalue weighted by molar-refractivity contribution is -0.278. The zero-order chi connectivity index (χ0) is 10.2. The molecule has 0 fully saturated rings. The lowest BCUT2D eigenvalue weighted by Gasteiger charge is -2.24. The highest BCUT2D eigenvalue weighted by Gasteiger charge is 2.58.